The molecule has 1 atom stereocenters. The van der Waals surface area contributed by atoms with Crippen molar-refractivity contribution in [2.45, 2.75) is 12.8 Å². The number of piperidine rings is 1. The summed E-state index contributed by atoms with van der Waals surface area (Å²) in [5.74, 6) is 0.621. The highest BCUT2D eigenvalue weighted by Gasteiger charge is 2.25. The van der Waals surface area contributed by atoms with Crippen LogP contribution in [0.3, 0.4) is 0 Å². The van der Waals surface area contributed by atoms with Crippen LogP contribution < -0.4 is 0 Å². The monoisotopic (exact) mass is 333 g/mol. The predicted octanol–water partition coefficient (Wildman–Crippen LogP) is 2.88. The molecule has 4 nitrogen and oxygen atoms in total. The van der Waals surface area contributed by atoms with Gasteiger partial charge in [-0.15, -0.1) is 0 Å². The molecular weight excluding hydrogens is 318 g/mol. The first-order valence-corrected chi connectivity index (χ1v) is 7.96. The minimum atomic E-state index is 0.0711. The minimum Gasteiger partial charge on any atom is -0.338 e. The highest BCUT2D eigenvalue weighted by atomic mass is 79.9. The van der Waals surface area contributed by atoms with E-state index < -0.39 is 0 Å². The summed E-state index contributed by atoms with van der Waals surface area (Å²) in [7, 11) is 0. The van der Waals surface area contributed by atoms with Crippen LogP contribution in [0.2, 0.25) is 0 Å². The third-order valence-electron chi connectivity index (χ3n) is 3.75. The van der Waals surface area contributed by atoms with E-state index in [-0.39, 0.29) is 5.91 Å². The first-order chi connectivity index (χ1) is 9.79. The number of fused-ring (bicyclic) bond motifs is 1. The molecule has 2 heterocycles. The number of para-hydroxylation sites is 1. The summed E-state index contributed by atoms with van der Waals surface area (Å²) in [6.45, 7) is 1.65. The quantitative estimate of drug-likeness (QED) is 0.794. The van der Waals surface area contributed by atoms with E-state index in [4.69, 9.17) is 0 Å². The van der Waals surface area contributed by atoms with E-state index in [0.717, 1.165) is 30.4 Å². The van der Waals surface area contributed by atoms with Crippen LogP contribution in [0.4, 0.5) is 0 Å². The summed E-state index contributed by atoms with van der Waals surface area (Å²) in [5.41, 5.74) is 2.12. The van der Waals surface area contributed by atoms with Crippen LogP contribution in [0.25, 0.3) is 11.0 Å². The molecule has 1 fully saturated rings. The second-order valence-electron chi connectivity index (χ2n) is 5.14. The number of amides is 1. The van der Waals surface area contributed by atoms with Crippen molar-refractivity contribution in [3.63, 3.8) is 0 Å². The van der Waals surface area contributed by atoms with Crippen molar-refractivity contribution in [2.24, 2.45) is 5.92 Å². The van der Waals surface area contributed by atoms with E-state index in [9.17, 15) is 4.79 Å². The number of rotatable bonds is 2. The van der Waals surface area contributed by atoms with E-state index in [1.807, 2.05) is 23.1 Å². The molecule has 1 amide bonds. The summed E-state index contributed by atoms with van der Waals surface area (Å²) >= 11 is 3.52. The molecule has 1 unspecified atom stereocenters. The normalized spacial score (nSPS) is 19.2. The molecule has 0 saturated carbocycles. The van der Waals surface area contributed by atoms with E-state index >= 15 is 0 Å². The number of likely N-dealkylation sites (tertiary alicyclic amines) is 1. The molecule has 0 bridgehead atoms. The smallest absolute Gasteiger partial charge is 0.256 e. The van der Waals surface area contributed by atoms with Gasteiger partial charge in [-0.05, 0) is 30.9 Å². The van der Waals surface area contributed by atoms with Gasteiger partial charge in [0, 0.05) is 30.8 Å². The van der Waals surface area contributed by atoms with Gasteiger partial charge in [0.1, 0.15) is 5.52 Å². The van der Waals surface area contributed by atoms with Crippen molar-refractivity contribution in [3.8, 4) is 0 Å². The molecule has 0 N–H and O–H groups in total. The Hall–Kier alpha value is -1.49. The van der Waals surface area contributed by atoms with Crippen molar-refractivity contribution in [1.29, 1.82) is 0 Å². The number of hydrogen-bond acceptors (Lipinski definition) is 3. The fourth-order valence-electron chi connectivity index (χ4n) is 2.71. The lowest BCUT2D eigenvalue weighted by Gasteiger charge is -2.32. The van der Waals surface area contributed by atoms with Crippen molar-refractivity contribution in [2.75, 3.05) is 18.4 Å². The molecule has 3 rings (SSSR count). The van der Waals surface area contributed by atoms with Crippen molar-refractivity contribution in [3.05, 3.63) is 36.2 Å². The zero-order valence-electron chi connectivity index (χ0n) is 11.1. The number of hydrogen-bond donors (Lipinski definition) is 0. The molecule has 1 aliphatic heterocycles. The van der Waals surface area contributed by atoms with Crippen LogP contribution >= 0.6 is 15.9 Å². The molecule has 0 radical (unpaired) electrons. The Labute approximate surface area is 126 Å². The first-order valence-electron chi connectivity index (χ1n) is 6.84. The van der Waals surface area contributed by atoms with Gasteiger partial charge in [0.2, 0.25) is 0 Å². The van der Waals surface area contributed by atoms with Gasteiger partial charge in [0.25, 0.3) is 5.91 Å². The van der Waals surface area contributed by atoms with E-state index in [2.05, 4.69) is 25.9 Å². The van der Waals surface area contributed by atoms with Crippen LogP contribution in [0.15, 0.2) is 30.6 Å². The third-order valence-corrected chi connectivity index (χ3v) is 4.67. The lowest BCUT2D eigenvalue weighted by Crippen LogP contribution is -2.40. The van der Waals surface area contributed by atoms with E-state index in [0.29, 0.717) is 17.0 Å². The fourth-order valence-corrected chi connectivity index (χ4v) is 3.24. The number of carbonyl (C=O) groups excluding carboxylic acids is 1. The molecule has 20 heavy (non-hydrogen) atoms. The van der Waals surface area contributed by atoms with Gasteiger partial charge in [-0.25, -0.2) is 0 Å². The van der Waals surface area contributed by atoms with Gasteiger partial charge in [-0.1, -0.05) is 22.0 Å². The average molecular weight is 334 g/mol. The molecular formula is C15H16BrN3O. The van der Waals surface area contributed by atoms with Gasteiger partial charge >= 0.3 is 0 Å². The first kappa shape index (κ1) is 13.5. The van der Waals surface area contributed by atoms with Crippen LogP contribution in [-0.2, 0) is 0 Å². The maximum Gasteiger partial charge on any atom is 0.256 e. The van der Waals surface area contributed by atoms with Crippen LogP contribution in [0.1, 0.15) is 23.2 Å². The lowest BCUT2D eigenvalue weighted by atomic mass is 9.99. The maximum atomic E-state index is 12.7. The standard InChI is InChI=1S/C15H16BrN3O/c16-9-11-3-2-8-19(10-11)15(20)12-4-1-5-13-14(12)18-7-6-17-13/h1,4-7,11H,2-3,8-10H2. The van der Waals surface area contributed by atoms with Gasteiger partial charge in [-0.2, -0.15) is 0 Å². The lowest BCUT2D eigenvalue weighted by molar-refractivity contribution is 0.0688. The van der Waals surface area contributed by atoms with Crippen molar-refractivity contribution in [1.82, 2.24) is 14.9 Å². The summed E-state index contributed by atoms with van der Waals surface area (Å²) in [5, 5.41) is 0.951. The van der Waals surface area contributed by atoms with Crippen LogP contribution in [0.5, 0.6) is 0 Å². The molecule has 5 heteroatoms. The van der Waals surface area contributed by atoms with E-state index in [1.165, 1.54) is 6.42 Å². The molecule has 0 spiro atoms. The molecule has 1 aromatic carbocycles. The Morgan fingerprint density at radius 2 is 2.20 bits per heavy atom. The highest BCUT2D eigenvalue weighted by Crippen LogP contribution is 2.22. The van der Waals surface area contributed by atoms with Gasteiger partial charge in [-0.3, -0.25) is 14.8 Å². The second kappa shape index (κ2) is 5.87. The maximum absolute atomic E-state index is 12.7. The summed E-state index contributed by atoms with van der Waals surface area (Å²) in [4.78, 5) is 23.2. The van der Waals surface area contributed by atoms with E-state index in [1.54, 1.807) is 12.4 Å². The summed E-state index contributed by atoms with van der Waals surface area (Å²) in [6.07, 6.45) is 5.54. The largest absolute Gasteiger partial charge is 0.338 e. The van der Waals surface area contributed by atoms with Gasteiger partial charge in [0.05, 0.1) is 11.1 Å². The molecule has 2 aromatic rings. The molecule has 1 saturated heterocycles. The van der Waals surface area contributed by atoms with Crippen molar-refractivity contribution < 1.29 is 4.79 Å². The zero-order chi connectivity index (χ0) is 13.9. The fraction of sp³-hybridized carbons (Fsp3) is 0.400. The van der Waals surface area contributed by atoms with Gasteiger partial charge in [0.15, 0.2) is 0 Å². The number of nitrogens with zero attached hydrogens (tertiary/aromatic N) is 3. The third kappa shape index (κ3) is 2.54. The zero-order valence-corrected chi connectivity index (χ0v) is 12.7. The van der Waals surface area contributed by atoms with Crippen LogP contribution in [-0.4, -0.2) is 39.2 Å². The molecule has 0 aliphatic carbocycles. The minimum absolute atomic E-state index is 0.0711. The Kier molecular flexibility index (Phi) is 3.96. The Balaban J connectivity index is 1.92. The number of aromatic nitrogens is 2. The average Bonchev–Trinajstić information content (AvgIpc) is 2.53. The number of carbonyl (C=O) groups is 1. The van der Waals surface area contributed by atoms with Gasteiger partial charge < -0.3 is 4.90 Å². The Morgan fingerprint density at radius 3 is 3.05 bits per heavy atom. The number of halogens is 1. The topological polar surface area (TPSA) is 46.1 Å². The number of alkyl halides is 1. The number of benzene rings is 1. The second-order valence-corrected chi connectivity index (χ2v) is 5.79. The van der Waals surface area contributed by atoms with Crippen molar-refractivity contribution >= 4 is 32.9 Å². The predicted molar refractivity (Wildman–Crippen MR) is 82.0 cm³/mol. The molecule has 1 aromatic heterocycles. The summed E-state index contributed by atoms with van der Waals surface area (Å²) in [6, 6.07) is 5.60. The Morgan fingerprint density at radius 1 is 1.35 bits per heavy atom. The summed E-state index contributed by atoms with van der Waals surface area (Å²) < 4.78 is 0. The Bertz CT molecular complexity index is 626. The highest BCUT2D eigenvalue weighted by molar-refractivity contribution is 9.09. The van der Waals surface area contributed by atoms with Crippen LogP contribution in [0, 0.1) is 5.92 Å². The molecule has 1 aliphatic rings. The SMILES string of the molecule is O=C(c1cccc2nccnc12)N1CCCC(CBr)C1. The molecule has 104 valence electrons.